The van der Waals surface area contributed by atoms with E-state index >= 15 is 0 Å². The van der Waals surface area contributed by atoms with Crippen LogP contribution in [-0.2, 0) is 11.8 Å². The van der Waals surface area contributed by atoms with E-state index in [0.29, 0.717) is 16.5 Å². The van der Waals surface area contributed by atoms with Crippen molar-refractivity contribution in [2.45, 2.75) is 13.8 Å². The third kappa shape index (κ3) is 3.04. The molecule has 8 heteroatoms. The lowest BCUT2D eigenvalue weighted by molar-refractivity contribution is -0.120. The van der Waals surface area contributed by atoms with E-state index in [1.807, 2.05) is 0 Å². The molecule has 7 nitrogen and oxygen atoms in total. The molecule has 1 aromatic heterocycles. The second kappa shape index (κ2) is 6.07. The van der Waals surface area contributed by atoms with Crippen molar-refractivity contribution in [3.05, 3.63) is 55.8 Å². The molecular weight excluding hydrogens is 310 g/mol. The number of hydroxylamine groups is 1. The first-order valence-electron chi connectivity index (χ1n) is 6.35. The van der Waals surface area contributed by atoms with Crippen LogP contribution in [0.3, 0.4) is 0 Å². The molecule has 0 atom stereocenters. The van der Waals surface area contributed by atoms with E-state index in [-0.39, 0.29) is 5.69 Å². The van der Waals surface area contributed by atoms with Gasteiger partial charge in [-0.1, -0.05) is 11.6 Å². The number of nitrogens with one attached hydrogen (secondary N) is 1. The molecule has 1 amide bonds. The van der Waals surface area contributed by atoms with Crippen LogP contribution >= 0.6 is 11.6 Å². The van der Waals surface area contributed by atoms with Crippen molar-refractivity contribution in [1.29, 1.82) is 0 Å². The first-order chi connectivity index (χ1) is 10.3. The summed E-state index contributed by atoms with van der Waals surface area (Å²) < 4.78 is 1.22. The number of H-pyrrole nitrogens is 1. The summed E-state index contributed by atoms with van der Waals surface area (Å²) >= 11 is 5.79. The van der Waals surface area contributed by atoms with Crippen molar-refractivity contribution in [1.82, 2.24) is 9.55 Å². The Morgan fingerprint density at radius 2 is 1.86 bits per heavy atom. The fourth-order valence-corrected chi connectivity index (χ4v) is 1.95. The number of amides is 1. The minimum atomic E-state index is -0.704. The van der Waals surface area contributed by atoms with Gasteiger partial charge in [0.05, 0.1) is 5.69 Å². The van der Waals surface area contributed by atoms with E-state index in [2.05, 4.69) is 4.98 Å². The fourth-order valence-electron chi connectivity index (χ4n) is 1.82. The molecule has 0 unspecified atom stereocenters. The molecule has 0 radical (unpaired) electrons. The van der Waals surface area contributed by atoms with E-state index in [1.165, 1.54) is 18.5 Å². The number of hydrogen-bond donors (Lipinski definition) is 1. The molecule has 1 aromatic carbocycles. The van der Waals surface area contributed by atoms with Crippen LogP contribution in [0.1, 0.15) is 12.6 Å². The van der Waals surface area contributed by atoms with Gasteiger partial charge in [-0.25, -0.2) is 4.79 Å². The van der Waals surface area contributed by atoms with Gasteiger partial charge in [0.2, 0.25) is 0 Å². The van der Waals surface area contributed by atoms with Gasteiger partial charge in [0.1, 0.15) is 0 Å². The monoisotopic (exact) mass is 323 g/mol. The second-order valence-electron chi connectivity index (χ2n) is 4.61. The lowest BCUT2D eigenvalue weighted by Gasteiger charge is -2.22. The van der Waals surface area contributed by atoms with Gasteiger partial charge in [0, 0.05) is 19.0 Å². The highest BCUT2D eigenvalue weighted by Crippen LogP contribution is 2.20. The average Bonchev–Trinajstić information content (AvgIpc) is 2.46. The second-order valence-corrected chi connectivity index (χ2v) is 5.05. The first-order valence-corrected chi connectivity index (χ1v) is 6.73. The average molecular weight is 324 g/mol. The molecule has 0 spiro atoms. The van der Waals surface area contributed by atoms with Crippen molar-refractivity contribution < 1.29 is 9.63 Å². The highest BCUT2D eigenvalue weighted by atomic mass is 35.5. The maximum Gasteiger partial charge on any atom is 0.328 e. The normalized spacial score (nSPS) is 10.4. The summed E-state index contributed by atoms with van der Waals surface area (Å²) in [6, 6.07) is 6.30. The van der Waals surface area contributed by atoms with Crippen molar-refractivity contribution in [2.75, 3.05) is 5.06 Å². The molecule has 0 aliphatic rings. The predicted molar refractivity (Wildman–Crippen MR) is 82.3 cm³/mol. The molecule has 0 saturated heterocycles. The topological polar surface area (TPSA) is 84.4 Å². The molecular formula is C14H14ClN3O4. The van der Waals surface area contributed by atoms with Gasteiger partial charge in [-0.15, -0.1) is 5.06 Å². The molecule has 2 aromatic rings. The van der Waals surface area contributed by atoms with Crippen LogP contribution in [-0.4, -0.2) is 15.5 Å². The van der Waals surface area contributed by atoms with Crippen LogP contribution in [0.5, 0.6) is 5.75 Å². The zero-order valence-corrected chi connectivity index (χ0v) is 13.0. The van der Waals surface area contributed by atoms with E-state index in [9.17, 15) is 14.4 Å². The summed E-state index contributed by atoms with van der Waals surface area (Å²) in [6.07, 6.45) is 0. The van der Waals surface area contributed by atoms with E-state index in [4.69, 9.17) is 16.4 Å². The van der Waals surface area contributed by atoms with Gasteiger partial charge >= 0.3 is 5.69 Å². The molecule has 0 fully saturated rings. The summed E-state index contributed by atoms with van der Waals surface area (Å²) in [5.74, 6) is -0.186. The maximum absolute atomic E-state index is 12.0. The number of carbonyl (C=O) groups is 1. The number of rotatable bonds is 3. The Morgan fingerprint density at radius 3 is 2.41 bits per heavy atom. The third-order valence-corrected chi connectivity index (χ3v) is 3.34. The largest absolute Gasteiger partial charge is 0.372 e. The first kappa shape index (κ1) is 15.8. The number of benzene rings is 1. The summed E-state index contributed by atoms with van der Waals surface area (Å²) in [4.78, 5) is 43.0. The summed E-state index contributed by atoms with van der Waals surface area (Å²) in [6.45, 7) is 2.80. The van der Waals surface area contributed by atoms with Crippen molar-refractivity contribution in [3.63, 3.8) is 0 Å². The van der Waals surface area contributed by atoms with Crippen molar-refractivity contribution in [2.24, 2.45) is 7.05 Å². The molecule has 116 valence electrons. The van der Waals surface area contributed by atoms with Gasteiger partial charge in [0.15, 0.2) is 11.4 Å². The van der Waals surface area contributed by atoms with Crippen LogP contribution in [0, 0.1) is 6.92 Å². The van der Waals surface area contributed by atoms with E-state index in [1.54, 1.807) is 31.2 Å². The zero-order chi connectivity index (χ0) is 16.4. The van der Waals surface area contributed by atoms with Crippen LogP contribution in [0.2, 0.25) is 5.02 Å². The highest BCUT2D eigenvalue weighted by Gasteiger charge is 2.22. The molecule has 0 aliphatic carbocycles. The molecule has 22 heavy (non-hydrogen) atoms. The van der Waals surface area contributed by atoms with Crippen molar-refractivity contribution >= 4 is 23.2 Å². The SMILES string of the molecule is CC(=O)N(Oc1ccc(Cl)cc1)c1c(C)n(C)c(=O)[nH]c1=O. The highest BCUT2D eigenvalue weighted by molar-refractivity contribution is 6.30. The number of hydrogen-bond acceptors (Lipinski definition) is 4. The van der Waals surface area contributed by atoms with Crippen LogP contribution in [0.15, 0.2) is 33.9 Å². The van der Waals surface area contributed by atoms with Crippen LogP contribution in [0.4, 0.5) is 5.69 Å². The van der Waals surface area contributed by atoms with Crippen molar-refractivity contribution in [3.8, 4) is 5.75 Å². The molecule has 1 N–H and O–H groups in total. The molecule has 1 heterocycles. The maximum atomic E-state index is 12.0. The Bertz CT molecular complexity index is 823. The molecule has 0 saturated carbocycles. The van der Waals surface area contributed by atoms with Gasteiger partial charge in [0.25, 0.3) is 11.5 Å². The lowest BCUT2D eigenvalue weighted by atomic mass is 10.3. The van der Waals surface area contributed by atoms with Gasteiger partial charge < -0.3 is 4.84 Å². The molecule has 0 bridgehead atoms. The minimum Gasteiger partial charge on any atom is -0.372 e. The smallest absolute Gasteiger partial charge is 0.328 e. The predicted octanol–water partition coefficient (Wildman–Crippen LogP) is 1.38. The summed E-state index contributed by atoms with van der Waals surface area (Å²) in [5, 5.41) is 1.36. The number of anilines is 1. The zero-order valence-electron chi connectivity index (χ0n) is 12.2. The van der Waals surface area contributed by atoms with E-state index in [0.717, 1.165) is 5.06 Å². The fraction of sp³-hybridized carbons (Fsp3) is 0.214. The minimum absolute atomic E-state index is 0.0513. The van der Waals surface area contributed by atoms with Gasteiger partial charge in [-0.3, -0.25) is 19.1 Å². The lowest BCUT2D eigenvalue weighted by Crippen LogP contribution is -2.41. The Kier molecular flexibility index (Phi) is 4.37. The van der Waals surface area contributed by atoms with Gasteiger partial charge in [-0.2, -0.15) is 0 Å². The Morgan fingerprint density at radius 1 is 1.27 bits per heavy atom. The number of carbonyl (C=O) groups excluding carboxylic acids is 1. The number of halogens is 1. The Balaban J connectivity index is 2.52. The Labute approximate surface area is 130 Å². The number of aromatic amines is 1. The quantitative estimate of drug-likeness (QED) is 0.865. The number of nitrogens with zero attached hydrogens (tertiary/aromatic N) is 2. The molecule has 0 aliphatic heterocycles. The third-order valence-electron chi connectivity index (χ3n) is 3.09. The van der Waals surface area contributed by atoms with Crippen LogP contribution < -0.4 is 21.1 Å². The van der Waals surface area contributed by atoms with Gasteiger partial charge in [-0.05, 0) is 31.2 Å². The Hall–Kier alpha value is -2.54. The standard InChI is InChI=1S/C14H14ClN3O4/c1-8-12(13(20)16-14(21)17(8)3)18(9(2)19)22-11-6-4-10(15)5-7-11/h4-7H,1-3H3,(H,16,20,21). The molecule has 2 rings (SSSR count). The van der Waals surface area contributed by atoms with Crippen LogP contribution in [0.25, 0.3) is 0 Å². The summed E-state index contributed by atoms with van der Waals surface area (Å²) in [5.41, 5.74) is -1.02. The number of aromatic nitrogens is 2. The summed E-state index contributed by atoms with van der Waals surface area (Å²) in [7, 11) is 1.48. The van der Waals surface area contributed by atoms with E-state index < -0.39 is 17.2 Å².